The van der Waals surface area contributed by atoms with Gasteiger partial charge in [-0.25, -0.2) is 4.79 Å². The standard InChI is InChI=1S/C26H27N3O2/c30-25(20-21-10-4-1-5-11-21)27-22-16-18-28(19-17-22)26(31)29(23-12-6-2-7-13-23)24-14-8-3-9-15-24/h1-15,22H,16-20H2,(H,27,30). The smallest absolute Gasteiger partial charge is 0.329 e. The monoisotopic (exact) mass is 413 g/mol. The number of rotatable bonds is 5. The highest BCUT2D eigenvalue weighted by Crippen LogP contribution is 2.27. The summed E-state index contributed by atoms with van der Waals surface area (Å²) in [5.74, 6) is 0.0335. The van der Waals surface area contributed by atoms with Gasteiger partial charge in [-0.1, -0.05) is 66.7 Å². The lowest BCUT2D eigenvalue weighted by Gasteiger charge is -2.36. The zero-order valence-corrected chi connectivity index (χ0v) is 17.5. The Kier molecular flexibility index (Phi) is 6.62. The van der Waals surface area contributed by atoms with E-state index in [0.717, 1.165) is 29.8 Å². The number of para-hydroxylation sites is 2. The fraction of sp³-hybridized carbons (Fsp3) is 0.231. The molecule has 0 saturated carbocycles. The van der Waals surface area contributed by atoms with Gasteiger partial charge in [0.05, 0.1) is 17.8 Å². The zero-order valence-electron chi connectivity index (χ0n) is 17.5. The molecule has 1 fully saturated rings. The lowest BCUT2D eigenvalue weighted by molar-refractivity contribution is -0.121. The number of nitrogens with zero attached hydrogens (tertiary/aromatic N) is 2. The molecule has 0 atom stereocenters. The van der Waals surface area contributed by atoms with Crippen LogP contribution in [-0.4, -0.2) is 36.0 Å². The molecule has 0 unspecified atom stereocenters. The van der Waals surface area contributed by atoms with Crippen molar-refractivity contribution in [2.75, 3.05) is 18.0 Å². The number of carbonyl (C=O) groups is 2. The van der Waals surface area contributed by atoms with E-state index >= 15 is 0 Å². The third-order valence-electron chi connectivity index (χ3n) is 5.56. The molecular weight excluding hydrogens is 386 g/mol. The van der Waals surface area contributed by atoms with E-state index in [2.05, 4.69) is 5.32 Å². The first kappa shape index (κ1) is 20.7. The number of urea groups is 1. The first-order valence-electron chi connectivity index (χ1n) is 10.7. The zero-order chi connectivity index (χ0) is 21.5. The van der Waals surface area contributed by atoms with Gasteiger partial charge in [-0.15, -0.1) is 0 Å². The first-order valence-corrected chi connectivity index (χ1v) is 10.7. The summed E-state index contributed by atoms with van der Waals surface area (Å²) in [7, 11) is 0. The molecule has 0 aliphatic carbocycles. The summed E-state index contributed by atoms with van der Waals surface area (Å²) in [6, 6.07) is 29.2. The van der Waals surface area contributed by atoms with Gasteiger partial charge in [0.15, 0.2) is 0 Å². The van der Waals surface area contributed by atoms with Crippen molar-refractivity contribution in [1.29, 1.82) is 0 Å². The van der Waals surface area contributed by atoms with Crippen molar-refractivity contribution in [3.05, 3.63) is 96.6 Å². The molecule has 5 nitrogen and oxygen atoms in total. The van der Waals surface area contributed by atoms with Crippen LogP contribution in [0.5, 0.6) is 0 Å². The molecule has 3 aromatic rings. The van der Waals surface area contributed by atoms with Gasteiger partial charge in [-0.05, 0) is 42.7 Å². The van der Waals surface area contributed by atoms with E-state index in [1.165, 1.54) is 0 Å². The van der Waals surface area contributed by atoms with Gasteiger partial charge >= 0.3 is 6.03 Å². The van der Waals surface area contributed by atoms with E-state index in [1.807, 2.05) is 95.9 Å². The number of hydrogen-bond acceptors (Lipinski definition) is 2. The quantitative estimate of drug-likeness (QED) is 0.655. The second-order valence-electron chi connectivity index (χ2n) is 7.78. The van der Waals surface area contributed by atoms with Gasteiger partial charge < -0.3 is 10.2 Å². The summed E-state index contributed by atoms with van der Waals surface area (Å²) in [5.41, 5.74) is 2.70. The number of carbonyl (C=O) groups excluding carboxylic acids is 2. The number of anilines is 2. The maximum Gasteiger partial charge on any atom is 0.329 e. The number of benzene rings is 3. The SMILES string of the molecule is O=C(Cc1ccccc1)NC1CCN(C(=O)N(c2ccccc2)c2ccccc2)CC1. The number of amides is 3. The summed E-state index contributed by atoms with van der Waals surface area (Å²) in [4.78, 5) is 29.4. The van der Waals surface area contributed by atoms with E-state index in [0.29, 0.717) is 19.5 Å². The van der Waals surface area contributed by atoms with Crippen LogP contribution in [0, 0.1) is 0 Å². The molecule has 3 aromatic carbocycles. The molecule has 1 N–H and O–H groups in total. The Balaban J connectivity index is 1.38. The summed E-state index contributed by atoms with van der Waals surface area (Å²) >= 11 is 0. The molecule has 1 heterocycles. The lowest BCUT2D eigenvalue weighted by atomic mass is 10.0. The predicted molar refractivity (Wildman–Crippen MR) is 123 cm³/mol. The van der Waals surface area contributed by atoms with Crippen molar-refractivity contribution in [2.24, 2.45) is 0 Å². The maximum absolute atomic E-state index is 13.4. The summed E-state index contributed by atoms with van der Waals surface area (Å²) in [5, 5.41) is 3.13. The molecule has 31 heavy (non-hydrogen) atoms. The Hall–Kier alpha value is -3.60. The minimum atomic E-state index is -0.0357. The fourth-order valence-electron chi connectivity index (χ4n) is 3.94. The number of piperidine rings is 1. The van der Waals surface area contributed by atoms with Crippen LogP contribution in [0.3, 0.4) is 0 Å². The molecule has 1 saturated heterocycles. The molecular formula is C26H27N3O2. The highest BCUT2D eigenvalue weighted by molar-refractivity contribution is 5.99. The minimum absolute atomic E-state index is 0.0335. The maximum atomic E-state index is 13.4. The van der Waals surface area contributed by atoms with Crippen LogP contribution in [0.15, 0.2) is 91.0 Å². The molecule has 1 aliphatic heterocycles. The van der Waals surface area contributed by atoms with Crippen LogP contribution < -0.4 is 10.2 Å². The van der Waals surface area contributed by atoms with Crippen LogP contribution in [0.2, 0.25) is 0 Å². The summed E-state index contributed by atoms with van der Waals surface area (Å²) < 4.78 is 0. The van der Waals surface area contributed by atoms with E-state index in [-0.39, 0.29) is 18.0 Å². The van der Waals surface area contributed by atoms with Gasteiger partial charge in [0, 0.05) is 19.1 Å². The molecule has 1 aliphatic rings. The van der Waals surface area contributed by atoms with Crippen LogP contribution >= 0.6 is 0 Å². The first-order chi connectivity index (χ1) is 15.2. The molecule has 0 aromatic heterocycles. The van der Waals surface area contributed by atoms with E-state index in [1.54, 1.807) is 4.90 Å². The third-order valence-corrected chi connectivity index (χ3v) is 5.56. The number of likely N-dealkylation sites (tertiary alicyclic amines) is 1. The average Bonchev–Trinajstić information content (AvgIpc) is 2.82. The molecule has 0 spiro atoms. The van der Waals surface area contributed by atoms with Gasteiger partial charge in [-0.2, -0.15) is 0 Å². The van der Waals surface area contributed by atoms with Crippen LogP contribution in [0.4, 0.5) is 16.2 Å². The molecule has 0 bridgehead atoms. The molecule has 5 heteroatoms. The van der Waals surface area contributed by atoms with Crippen molar-refractivity contribution in [3.63, 3.8) is 0 Å². The Labute approximate surface area is 183 Å². The lowest BCUT2D eigenvalue weighted by Crippen LogP contribution is -2.50. The normalized spacial score (nSPS) is 14.1. The second-order valence-corrected chi connectivity index (χ2v) is 7.78. The Morgan fingerprint density at radius 1 is 0.774 bits per heavy atom. The largest absolute Gasteiger partial charge is 0.353 e. The van der Waals surface area contributed by atoms with Gasteiger partial charge in [0.25, 0.3) is 0 Å². The summed E-state index contributed by atoms with van der Waals surface area (Å²) in [6.07, 6.45) is 1.89. The number of nitrogens with one attached hydrogen (secondary N) is 1. The van der Waals surface area contributed by atoms with Crippen LogP contribution in [0.1, 0.15) is 18.4 Å². The van der Waals surface area contributed by atoms with Crippen LogP contribution in [0.25, 0.3) is 0 Å². The minimum Gasteiger partial charge on any atom is -0.353 e. The van der Waals surface area contributed by atoms with Gasteiger partial charge in [0.1, 0.15) is 0 Å². The van der Waals surface area contributed by atoms with E-state index in [4.69, 9.17) is 0 Å². The summed E-state index contributed by atoms with van der Waals surface area (Å²) in [6.45, 7) is 1.23. The van der Waals surface area contributed by atoms with Crippen molar-refractivity contribution in [3.8, 4) is 0 Å². The Morgan fingerprint density at radius 3 is 1.77 bits per heavy atom. The predicted octanol–water partition coefficient (Wildman–Crippen LogP) is 4.77. The van der Waals surface area contributed by atoms with Crippen molar-refractivity contribution >= 4 is 23.3 Å². The van der Waals surface area contributed by atoms with E-state index in [9.17, 15) is 9.59 Å². The topological polar surface area (TPSA) is 52.7 Å². The Morgan fingerprint density at radius 2 is 1.26 bits per heavy atom. The Bertz CT molecular complexity index is 945. The highest BCUT2D eigenvalue weighted by Gasteiger charge is 2.28. The van der Waals surface area contributed by atoms with Gasteiger partial charge in [-0.3, -0.25) is 9.69 Å². The molecule has 158 valence electrons. The third kappa shape index (κ3) is 5.31. The van der Waals surface area contributed by atoms with Crippen LogP contribution in [-0.2, 0) is 11.2 Å². The van der Waals surface area contributed by atoms with Gasteiger partial charge in [0.2, 0.25) is 5.91 Å². The molecule has 3 amide bonds. The van der Waals surface area contributed by atoms with E-state index < -0.39 is 0 Å². The van der Waals surface area contributed by atoms with Crippen molar-refractivity contribution in [1.82, 2.24) is 10.2 Å². The molecule has 0 radical (unpaired) electrons. The number of hydrogen-bond donors (Lipinski definition) is 1. The van der Waals surface area contributed by atoms with Crippen molar-refractivity contribution < 1.29 is 9.59 Å². The second kappa shape index (κ2) is 9.94. The molecule has 4 rings (SSSR count). The highest BCUT2D eigenvalue weighted by atomic mass is 16.2. The van der Waals surface area contributed by atoms with Crippen molar-refractivity contribution in [2.45, 2.75) is 25.3 Å². The average molecular weight is 414 g/mol. The fourth-order valence-corrected chi connectivity index (χ4v) is 3.94.